The quantitative estimate of drug-likeness (QED) is 0.726. The van der Waals surface area contributed by atoms with Gasteiger partial charge < -0.3 is 24.4 Å². The second-order valence-electron chi connectivity index (χ2n) is 7.08. The number of hydrogen-bond acceptors (Lipinski definition) is 5. The summed E-state index contributed by atoms with van der Waals surface area (Å²) in [5.74, 6) is -0.834. The van der Waals surface area contributed by atoms with E-state index in [9.17, 15) is 19.2 Å². The third-order valence-electron chi connectivity index (χ3n) is 5.08. The molecule has 3 amide bonds. The number of fused-ring (bicyclic) bond motifs is 1. The number of halogens is 1. The van der Waals surface area contributed by atoms with Crippen molar-refractivity contribution in [2.45, 2.75) is 13.1 Å². The molecule has 1 aromatic heterocycles. The average Bonchev–Trinajstić information content (AvgIpc) is 2.77. The number of nitrogens with zero attached hydrogens (tertiary/aromatic N) is 3. The van der Waals surface area contributed by atoms with Crippen LogP contribution in [0.25, 0.3) is 0 Å². The molecule has 3 rings (SSSR count). The zero-order valence-corrected chi connectivity index (χ0v) is 18.0. The Labute approximate surface area is 184 Å². The van der Waals surface area contributed by atoms with Gasteiger partial charge in [0.15, 0.2) is 0 Å². The molecule has 164 valence electrons. The molecule has 2 aromatic rings. The third-order valence-corrected chi connectivity index (χ3v) is 5.33. The van der Waals surface area contributed by atoms with Gasteiger partial charge in [-0.2, -0.15) is 0 Å². The lowest BCUT2D eigenvalue weighted by atomic mass is 10.1. The number of rotatable bonds is 6. The van der Waals surface area contributed by atoms with E-state index in [4.69, 9.17) is 11.6 Å². The molecule has 1 N–H and O–H groups in total. The number of pyridine rings is 1. The highest BCUT2D eigenvalue weighted by Gasteiger charge is 2.27. The van der Waals surface area contributed by atoms with E-state index in [0.717, 1.165) is 5.56 Å². The predicted octanol–water partition coefficient (Wildman–Crippen LogP) is 1.59. The van der Waals surface area contributed by atoms with Crippen LogP contribution in [0.5, 0.6) is 0 Å². The minimum Gasteiger partial charge on any atom is -0.453 e. The van der Waals surface area contributed by atoms with Crippen molar-refractivity contribution >= 4 is 29.5 Å². The molecule has 0 saturated carbocycles. The van der Waals surface area contributed by atoms with Gasteiger partial charge in [-0.1, -0.05) is 23.7 Å². The van der Waals surface area contributed by atoms with E-state index in [2.05, 4.69) is 10.1 Å². The number of amides is 3. The molecule has 1 aromatic carbocycles. The first-order chi connectivity index (χ1) is 14.8. The maximum atomic E-state index is 12.8. The molecule has 31 heavy (non-hydrogen) atoms. The molecule has 0 spiro atoms. The lowest BCUT2D eigenvalue weighted by molar-refractivity contribution is 0.0674. The van der Waals surface area contributed by atoms with Crippen molar-refractivity contribution in [1.82, 2.24) is 19.7 Å². The van der Waals surface area contributed by atoms with Crippen LogP contribution in [-0.4, -0.2) is 66.1 Å². The number of carbonyl (C=O) groups excluding carboxylic acids is 3. The number of benzene rings is 1. The second-order valence-corrected chi connectivity index (χ2v) is 7.52. The van der Waals surface area contributed by atoms with Crippen molar-refractivity contribution in [1.29, 1.82) is 0 Å². The van der Waals surface area contributed by atoms with Gasteiger partial charge in [0.1, 0.15) is 11.3 Å². The summed E-state index contributed by atoms with van der Waals surface area (Å²) >= 11 is 5.85. The molecule has 0 saturated heterocycles. The Morgan fingerprint density at radius 2 is 1.84 bits per heavy atom. The van der Waals surface area contributed by atoms with Crippen molar-refractivity contribution < 1.29 is 19.1 Å². The van der Waals surface area contributed by atoms with Gasteiger partial charge in [0.05, 0.1) is 7.11 Å². The normalized spacial score (nSPS) is 12.9. The topological polar surface area (TPSA) is 101 Å². The van der Waals surface area contributed by atoms with Crippen LogP contribution in [0.1, 0.15) is 26.4 Å². The van der Waals surface area contributed by atoms with Crippen LogP contribution in [0.2, 0.25) is 5.02 Å². The Morgan fingerprint density at radius 1 is 1.13 bits per heavy atom. The molecule has 1 aliphatic rings. The number of methoxy groups -OCH3 is 1. The predicted molar refractivity (Wildman–Crippen MR) is 114 cm³/mol. The standard InChI is InChI=1S/C21H23ClN4O5/c1-24(21(30)31-2)9-10-25-11-12-26-17(20(25)29)8-7-16(19(26)28)18(27)23-13-14-3-5-15(22)6-4-14/h3-8H,9-13H2,1-2H3,(H,23,27). The molecule has 2 heterocycles. The van der Waals surface area contributed by atoms with Crippen LogP contribution in [0, 0.1) is 0 Å². The van der Waals surface area contributed by atoms with Crippen LogP contribution in [0.3, 0.4) is 0 Å². The molecule has 9 nitrogen and oxygen atoms in total. The molecule has 1 aliphatic heterocycles. The van der Waals surface area contributed by atoms with Gasteiger partial charge in [-0.25, -0.2) is 4.79 Å². The first-order valence-electron chi connectivity index (χ1n) is 9.66. The summed E-state index contributed by atoms with van der Waals surface area (Å²) in [7, 11) is 2.87. The molecular weight excluding hydrogens is 424 g/mol. The Hall–Kier alpha value is -3.33. The van der Waals surface area contributed by atoms with Crippen molar-refractivity contribution in [2.75, 3.05) is 33.8 Å². The van der Waals surface area contributed by atoms with Gasteiger partial charge in [-0.3, -0.25) is 14.4 Å². The van der Waals surface area contributed by atoms with Crippen LogP contribution < -0.4 is 10.9 Å². The Kier molecular flexibility index (Phi) is 6.96. The molecule has 0 unspecified atom stereocenters. The van der Waals surface area contributed by atoms with E-state index in [-0.39, 0.29) is 30.3 Å². The Bertz CT molecular complexity index is 1050. The molecule has 0 atom stereocenters. The summed E-state index contributed by atoms with van der Waals surface area (Å²) in [5, 5.41) is 3.31. The largest absolute Gasteiger partial charge is 0.453 e. The van der Waals surface area contributed by atoms with E-state index in [1.54, 1.807) is 36.2 Å². The van der Waals surface area contributed by atoms with Gasteiger partial charge in [-0.15, -0.1) is 0 Å². The maximum absolute atomic E-state index is 12.8. The minimum absolute atomic E-state index is 0.0237. The summed E-state index contributed by atoms with van der Waals surface area (Å²) in [4.78, 5) is 52.5. The third kappa shape index (κ3) is 5.05. The summed E-state index contributed by atoms with van der Waals surface area (Å²) < 4.78 is 5.95. The summed E-state index contributed by atoms with van der Waals surface area (Å²) in [6.45, 7) is 1.42. The first kappa shape index (κ1) is 22.4. The first-order valence-corrected chi connectivity index (χ1v) is 10.0. The number of aromatic nitrogens is 1. The van der Waals surface area contributed by atoms with Crippen LogP contribution in [0.4, 0.5) is 4.79 Å². The lowest BCUT2D eigenvalue weighted by Gasteiger charge is -2.30. The van der Waals surface area contributed by atoms with E-state index < -0.39 is 17.6 Å². The van der Waals surface area contributed by atoms with E-state index >= 15 is 0 Å². The second kappa shape index (κ2) is 9.65. The van der Waals surface area contributed by atoms with Crippen molar-refractivity contribution in [3.05, 3.63) is 68.6 Å². The fourth-order valence-electron chi connectivity index (χ4n) is 3.26. The zero-order valence-electron chi connectivity index (χ0n) is 17.3. The molecule has 10 heteroatoms. The number of likely N-dealkylation sites (N-methyl/N-ethyl adjacent to an activating group) is 1. The number of hydrogen-bond donors (Lipinski definition) is 1. The van der Waals surface area contributed by atoms with Crippen molar-refractivity contribution in [3.8, 4) is 0 Å². The highest BCUT2D eigenvalue weighted by molar-refractivity contribution is 6.30. The lowest BCUT2D eigenvalue weighted by Crippen LogP contribution is -2.48. The molecule has 0 bridgehead atoms. The van der Waals surface area contributed by atoms with Gasteiger partial charge in [0.25, 0.3) is 17.4 Å². The SMILES string of the molecule is COC(=O)N(C)CCN1CCn2c(ccc(C(=O)NCc3ccc(Cl)cc3)c2=O)C1=O. The average molecular weight is 447 g/mol. The van der Waals surface area contributed by atoms with E-state index in [1.165, 1.54) is 28.7 Å². The highest BCUT2D eigenvalue weighted by Crippen LogP contribution is 2.12. The van der Waals surface area contributed by atoms with Gasteiger partial charge in [0, 0.05) is 44.8 Å². The highest BCUT2D eigenvalue weighted by atomic mass is 35.5. The maximum Gasteiger partial charge on any atom is 0.409 e. The van der Waals surface area contributed by atoms with E-state index in [0.29, 0.717) is 24.7 Å². The number of ether oxygens (including phenoxy) is 1. The van der Waals surface area contributed by atoms with Crippen molar-refractivity contribution in [2.24, 2.45) is 0 Å². The Morgan fingerprint density at radius 3 is 2.52 bits per heavy atom. The molecule has 0 aliphatic carbocycles. The van der Waals surface area contributed by atoms with Crippen LogP contribution in [0.15, 0.2) is 41.2 Å². The van der Waals surface area contributed by atoms with Gasteiger partial charge >= 0.3 is 6.09 Å². The zero-order chi connectivity index (χ0) is 22.5. The monoisotopic (exact) mass is 446 g/mol. The van der Waals surface area contributed by atoms with Crippen molar-refractivity contribution in [3.63, 3.8) is 0 Å². The number of nitrogens with one attached hydrogen (secondary N) is 1. The molecular formula is C21H23ClN4O5. The minimum atomic E-state index is -0.509. The smallest absolute Gasteiger partial charge is 0.409 e. The fraction of sp³-hybridized carbons (Fsp3) is 0.333. The van der Waals surface area contributed by atoms with Crippen LogP contribution >= 0.6 is 11.6 Å². The fourth-order valence-corrected chi connectivity index (χ4v) is 3.38. The number of carbonyl (C=O) groups is 3. The van der Waals surface area contributed by atoms with Gasteiger partial charge in [-0.05, 0) is 29.8 Å². The van der Waals surface area contributed by atoms with Crippen LogP contribution in [-0.2, 0) is 17.8 Å². The summed E-state index contributed by atoms with van der Waals surface area (Å²) in [6, 6.07) is 9.86. The van der Waals surface area contributed by atoms with E-state index in [1.807, 2.05) is 0 Å². The molecule has 0 radical (unpaired) electrons. The van der Waals surface area contributed by atoms with Gasteiger partial charge in [0.2, 0.25) is 0 Å². The Balaban J connectivity index is 1.68. The molecule has 0 fully saturated rings. The summed E-state index contributed by atoms with van der Waals surface area (Å²) in [6.07, 6.45) is -0.490. The summed E-state index contributed by atoms with van der Waals surface area (Å²) in [5.41, 5.74) is 0.528.